The molecule has 0 aromatic heterocycles. The van der Waals surface area contributed by atoms with Crippen LogP contribution in [0.1, 0.15) is 32.1 Å². The first-order chi connectivity index (χ1) is 10.3. The summed E-state index contributed by atoms with van der Waals surface area (Å²) in [5.74, 6) is 0. The van der Waals surface area contributed by atoms with Gasteiger partial charge in [0.15, 0.2) is 22.2 Å². The highest BCUT2D eigenvalue weighted by molar-refractivity contribution is 5.36. The number of nitrogens with zero attached hydrogens (tertiary/aromatic N) is 2. The highest BCUT2D eigenvalue weighted by Gasteiger charge is 2.89. The van der Waals surface area contributed by atoms with Crippen LogP contribution in [0.4, 0.5) is 0 Å². The summed E-state index contributed by atoms with van der Waals surface area (Å²) in [6, 6.07) is 0. The third-order valence-electron chi connectivity index (χ3n) is 9.16. The molecular weight excluding hydrogens is 526 g/mol. The summed E-state index contributed by atoms with van der Waals surface area (Å²) in [6.07, 6.45) is 16.5. The minimum Gasteiger partial charge on any atom is -1.00 e. The highest BCUT2D eigenvalue weighted by Crippen LogP contribution is 2.71. The van der Waals surface area contributed by atoms with E-state index in [9.17, 15) is 0 Å². The molecule has 3 saturated heterocycles. The van der Waals surface area contributed by atoms with E-state index in [-0.39, 0.29) is 48.0 Å². The van der Waals surface area contributed by atoms with Crippen LogP contribution in [0.2, 0.25) is 0 Å². The van der Waals surface area contributed by atoms with Gasteiger partial charge in [-0.3, -0.25) is 0 Å². The van der Waals surface area contributed by atoms with Crippen molar-refractivity contribution >= 4 is 0 Å². The quantitative estimate of drug-likeness (QED) is 0.129. The predicted molar refractivity (Wildman–Crippen MR) is 87.3 cm³/mol. The van der Waals surface area contributed by atoms with Gasteiger partial charge in [0.1, 0.15) is 13.2 Å². The van der Waals surface area contributed by atoms with Crippen molar-refractivity contribution in [2.75, 3.05) is 41.4 Å². The molecule has 0 aromatic rings. The fourth-order valence-corrected chi connectivity index (χ4v) is 7.41. The lowest BCUT2D eigenvalue weighted by atomic mass is 10.0. The van der Waals surface area contributed by atoms with E-state index >= 15 is 0 Å². The molecule has 0 spiro atoms. The van der Waals surface area contributed by atoms with Crippen molar-refractivity contribution in [2.24, 2.45) is 0 Å². The first-order valence-electron chi connectivity index (χ1n) is 8.94. The summed E-state index contributed by atoms with van der Waals surface area (Å²) in [7, 11) is 9.46. The topological polar surface area (TPSA) is 9.23 Å². The van der Waals surface area contributed by atoms with Gasteiger partial charge in [-0.25, -0.2) is 0 Å². The van der Waals surface area contributed by atoms with Gasteiger partial charge in [0.25, 0.3) is 0 Å². The Labute approximate surface area is 180 Å². The minimum atomic E-state index is 0. The molecule has 0 bridgehead atoms. The van der Waals surface area contributed by atoms with Crippen molar-refractivity contribution in [1.82, 2.24) is 0 Å². The number of ether oxygens (including phenoxy) is 1. The molecule has 0 N–H and O–H groups in total. The second-order valence-corrected chi connectivity index (χ2v) is 9.38. The second-order valence-electron chi connectivity index (χ2n) is 9.38. The van der Waals surface area contributed by atoms with Gasteiger partial charge in [-0.1, -0.05) is 12.2 Å². The summed E-state index contributed by atoms with van der Waals surface area (Å²) in [5, 5.41) is 0. The van der Waals surface area contributed by atoms with E-state index in [0.29, 0.717) is 22.2 Å². The van der Waals surface area contributed by atoms with Gasteiger partial charge in [-0.05, 0) is 18.6 Å². The third kappa shape index (κ3) is 1.58. The lowest BCUT2D eigenvalue weighted by Crippen LogP contribution is -3.00. The van der Waals surface area contributed by atoms with E-state index in [2.05, 4.69) is 52.5 Å². The molecular formula is C19H30I2N2O. The average Bonchev–Trinajstić information content (AvgIpc) is 2.98. The van der Waals surface area contributed by atoms with Crippen LogP contribution in [0.5, 0.6) is 0 Å². The molecule has 24 heavy (non-hydrogen) atoms. The first-order valence-corrected chi connectivity index (χ1v) is 8.94. The monoisotopic (exact) mass is 556 g/mol. The zero-order chi connectivity index (χ0) is 15.5. The van der Waals surface area contributed by atoms with Crippen LogP contribution in [-0.4, -0.2) is 72.5 Å². The maximum absolute atomic E-state index is 5.52. The Balaban J connectivity index is 0.000000130. The number of morpholine rings is 1. The molecule has 0 radical (unpaired) electrons. The Morgan fingerprint density at radius 3 is 1.88 bits per heavy atom. The average molecular weight is 556 g/mol. The SMILES string of the molecule is C[N+]1(C)C23C=CCC21CCC3.C[N+]1(C)C23C=CCC21COC3.[I-].[I-]. The zero-order valence-electron chi connectivity index (χ0n) is 15.3. The van der Waals surface area contributed by atoms with E-state index in [0.717, 1.165) is 17.7 Å². The fraction of sp³-hybridized carbons (Fsp3) is 0.789. The number of likely N-dealkylation sites (N-methyl/N-ethyl adjacent to an activating group) is 2. The van der Waals surface area contributed by atoms with E-state index < -0.39 is 0 Å². The second kappa shape index (κ2) is 5.20. The van der Waals surface area contributed by atoms with Gasteiger partial charge in [-0.15, -0.1) is 0 Å². The van der Waals surface area contributed by atoms with Crippen molar-refractivity contribution in [2.45, 2.75) is 54.3 Å². The van der Waals surface area contributed by atoms with Crippen molar-refractivity contribution in [1.29, 1.82) is 0 Å². The molecule has 4 fully saturated rings. The number of hydrogen-bond acceptors (Lipinski definition) is 1. The Bertz CT molecular complexity index is 577. The standard InChI is InChI=1S/C10H16N.C9H14NO.2HI/c1-11(2)9-5-3-6-10(9,11)8-4-7-9;1-10(2)8-4-3-5-9(8,10)7-11-6-8;;/h3,5H,4,6-8H2,1-2H3;3-4H,5-7H2,1-2H3;2*1H/q2*+1;;/p-2. The smallest absolute Gasteiger partial charge is 0.199 e. The van der Waals surface area contributed by atoms with Crippen LogP contribution in [-0.2, 0) is 4.74 Å². The van der Waals surface area contributed by atoms with Crippen LogP contribution in [0.15, 0.2) is 24.3 Å². The molecule has 3 aliphatic carbocycles. The third-order valence-corrected chi connectivity index (χ3v) is 9.16. The van der Waals surface area contributed by atoms with Crippen LogP contribution >= 0.6 is 0 Å². The van der Waals surface area contributed by atoms with E-state index in [1.165, 1.54) is 36.6 Å². The zero-order valence-corrected chi connectivity index (χ0v) is 19.6. The molecule has 0 aromatic carbocycles. The van der Waals surface area contributed by atoms with Crippen molar-refractivity contribution in [3.05, 3.63) is 24.3 Å². The molecule has 3 heterocycles. The molecule has 136 valence electrons. The molecule has 0 amide bonds. The van der Waals surface area contributed by atoms with Crippen LogP contribution in [0.3, 0.4) is 0 Å². The van der Waals surface area contributed by atoms with Gasteiger partial charge in [0, 0.05) is 25.7 Å². The molecule has 6 rings (SSSR count). The van der Waals surface area contributed by atoms with Gasteiger partial charge >= 0.3 is 0 Å². The molecule has 4 atom stereocenters. The molecule has 1 saturated carbocycles. The Morgan fingerprint density at radius 1 is 0.750 bits per heavy atom. The van der Waals surface area contributed by atoms with Crippen molar-refractivity contribution in [3.8, 4) is 0 Å². The van der Waals surface area contributed by atoms with Gasteiger partial charge in [0.2, 0.25) is 0 Å². The van der Waals surface area contributed by atoms with Crippen LogP contribution in [0, 0.1) is 0 Å². The van der Waals surface area contributed by atoms with Crippen molar-refractivity contribution in [3.63, 3.8) is 0 Å². The summed E-state index contributed by atoms with van der Waals surface area (Å²) in [6.45, 7) is 1.91. The lowest BCUT2D eigenvalue weighted by Gasteiger charge is -2.21. The van der Waals surface area contributed by atoms with Gasteiger partial charge < -0.3 is 61.7 Å². The van der Waals surface area contributed by atoms with E-state index in [1.54, 1.807) is 0 Å². The summed E-state index contributed by atoms with van der Waals surface area (Å²) >= 11 is 0. The number of quaternary nitrogens is 2. The summed E-state index contributed by atoms with van der Waals surface area (Å²) < 4.78 is 7.98. The number of piperidine rings is 1. The number of likely N-dealkylation sites (tertiary alicyclic amines) is 1. The lowest BCUT2D eigenvalue weighted by molar-refractivity contribution is -0.817. The van der Waals surface area contributed by atoms with Gasteiger partial charge in [0.05, 0.1) is 28.2 Å². The summed E-state index contributed by atoms with van der Waals surface area (Å²) in [5.41, 5.74) is 2.11. The van der Waals surface area contributed by atoms with Crippen LogP contribution in [0.25, 0.3) is 0 Å². The van der Waals surface area contributed by atoms with E-state index in [4.69, 9.17) is 4.74 Å². The van der Waals surface area contributed by atoms with Crippen LogP contribution < -0.4 is 48.0 Å². The highest BCUT2D eigenvalue weighted by atomic mass is 127. The largest absolute Gasteiger partial charge is 1.00 e. The summed E-state index contributed by atoms with van der Waals surface area (Å²) in [4.78, 5) is 0. The molecule has 6 aliphatic rings. The first kappa shape index (κ1) is 19.6. The minimum absolute atomic E-state index is 0. The van der Waals surface area contributed by atoms with Crippen molar-refractivity contribution < 1.29 is 61.7 Å². The fourth-order valence-electron chi connectivity index (χ4n) is 7.41. The maximum Gasteiger partial charge on any atom is 0.199 e. The van der Waals surface area contributed by atoms with E-state index in [1.807, 2.05) is 0 Å². The van der Waals surface area contributed by atoms with Gasteiger partial charge in [-0.2, -0.15) is 0 Å². The Kier molecular flexibility index (Phi) is 4.25. The predicted octanol–water partition coefficient (Wildman–Crippen LogP) is -3.75. The number of rotatable bonds is 0. The Morgan fingerprint density at radius 2 is 1.33 bits per heavy atom. The number of hydrogen-bond donors (Lipinski definition) is 0. The number of halogens is 2. The molecule has 3 aliphatic heterocycles. The normalized spacial score (nSPS) is 51.2. The molecule has 3 nitrogen and oxygen atoms in total. The Hall–Kier alpha value is 0.820. The molecule has 4 unspecified atom stereocenters. The molecule has 5 heteroatoms. The maximum atomic E-state index is 5.52.